The Kier molecular flexibility index (Phi) is 8.98. The molecule has 0 aliphatic carbocycles. The molecule has 0 aliphatic rings. The highest BCUT2D eigenvalue weighted by molar-refractivity contribution is 5.94. The molecule has 1 aromatic carbocycles. The van der Waals surface area contributed by atoms with Gasteiger partial charge in [-0.05, 0) is 37.8 Å². The Morgan fingerprint density at radius 1 is 0.939 bits per heavy atom. The van der Waals surface area contributed by atoms with Crippen LogP contribution in [0.4, 0.5) is 0 Å². The number of carboxylic acid groups (broad SMARTS) is 1. The summed E-state index contributed by atoms with van der Waals surface area (Å²) in [6.07, 6.45) is 2.20. The number of aromatic nitrogens is 1. The Morgan fingerprint density at radius 3 is 2.18 bits per heavy atom. The number of para-hydroxylation sites is 1. The van der Waals surface area contributed by atoms with Crippen molar-refractivity contribution in [3.8, 4) is 0 Å². The van der Waals surface area contributed by atoms with Crippen molar-refractivity contribution in [3.63, 3.8) is 0 Å². The monoisotopic (exact) mass is 459 g/mol. The lowest BCUT2D eigenvalue weighted by molar-refractivity contribution is -0.142. The van der Waals surface area contributed by atoms with Crippen LogP contribution in [0, 0.1) is 5.92 Å². The van der Waals surface area contributed by atoms with Crippen LogP contribution in [0.1, 0.15) is 39.7 Å². The summed E-state index contributed by atoms with van der Waals surface area (Å²) >= 11 is 0. The lowest BCUT2D eigenvalue weighted by Crippen LogP contribution is -2.56. The maximum Gasteiger partial charge on any atom is 0.326 e. The van der Waals surface area contributed by atoms with E-state index in [0.717, 1.165) is 16.5 Å². The van der Waals surface area contributed by atoms with Crippen LogP contribution >= 0.6 is 0 Å². The molecule has 0 bridgehead atoms. The minimum atomic E-state index is -1.14. The first-order valence-corrected chi connectivity index (χ1v) is 10.9. The van der Waals surface area contributed by atoms with Crippen LogP contribution in [0.2, 0.25) is 0 Å². The number of benzene rings is 1. The van der Waals surface area contributed by atoms with E-state index < -0.39 is 47.9 Å². The first-order valence-electron chi connectivity index (χ1n) is 10.9. The predicted molar refractivity (Wildman–Crippen MR) is 124 cm³/mol. The Balaban J connectivity index is 2.14. The molecule has 180 valence electrons. The molecule has 4 atom stereocenters. The van der Waals surface area contributed by atoms with Crippen molar-refractivity contribution in [2.24, 2.45) is 11.7 Å². The Bertz CT molecular complexity index is 1000. The fourth-order valence-corrected chi connectivity index (χ4v) is 3.40. The van der Waals surface area contributed by atoms with Crippen LogP contribution in [-0.2, 0) is 25.6 Å². The number of hydrogen-bond donors (Lipinski definition) is 6. The Morgan fingerprint density at radius 2 is 1.58 bits per heavy atom. The SMILES string of the molecule is CC(C)CC(NC(=O)C(C)NC(=O)C(Cc1c[nH]c2ccccc12)NC(=O)C(C)N)C(=O)O. The van der Waals surface area contributed by atoms with Crippen molar-refractivity contribution in [1.82, 2.24) is 20.9 Å². The van der Waals surface area contributed by atoms with Gasteiger partial charge in [-0.3, -0.25) is 14.4 Å². The molecular formula is C23H33N5O5. The molecule has 0 saturated carbocycles. The molecule has 0 aliphatic heterocycles. The second-order valence-electron chi connectivity index (χ2n) is 8.67. The summed E-state index contributed by atoms with van der Waals surface area (Å²) in [5.41, 5.74) is 7.36. The molecule has 3 amide bonds. The van der Waals surface area contributed by atoms with Gasteiger partial charge in [-0.1, -0.05) is 32.0 Å². The lowest BCUT2D eigenvalue weighted by Gasteiger charge is -2.23. The van der Waals surface area contributed by atoms with Gasteiger partial charge in [0.05, 0.1) is 6.04 Å². The summed E-state index contributed by atoms with van der Waals surface area (Å²) in [4.78, 5) is 52.3. The molecule has 0 radical (unpaired) electrons. The van der Waals surface area contributed by atoms with Gasteiger partial charge >= 0.3 is 5.97 Å². The second-order valence-corrected chi connectivity index (χ2v) is 8.67. The Labute approximate surface area is 192 Å². The summed E-state index contributed by atoms with van der Waals surface area (Å²) in [6.45, 7) is 6.66. The van der Waals surface area contributed by atoms with Gasteiger partial charge in [0.25, 0.3) is 0 Å². The molecule has 0 fully saturated rings. The number of nitrogens with one attached hydrogen (secondary N) is 4. The van der Waals surface area contributed by atoms with Gasteiger partial charge in [0.1, 0.15) is 18.1 Å². The smallest absolute Gasteiger partial charge is 0.326 e. The highest BCUT2D eigenvalue weighted by Crippen LogP contribution is 2.19. The molecule has 10 heteroatoms. The average molecular weight is 460 g/mol. The van der Waals surface area contributed by atoms with Gasteiger partial charge in [0, 0.05) is 23.5 Å². The fraction of sp³-hybridized carbons (Fsp3) is 0.478. The number of nitrogens with two attached hydrogens (primary N) is 1. The van der Waals surface area contributed by atoms with E-state index in [2.05, 4.69) is 20.9 Å². The van der Waals surface area contributed by atoms with E-state index in [4.69, 9.17) is 5.73 Å². The van der Waals surface area contributed by atoms with Crippen molar-refractivity contribution >= 4 is 34.6 Å². The molecular weight excluding hydrogens is 426 g/mol. The largest absolute Gasteiger partial charge is 0.480 e. The van der Waals surface area contributed by atoms with E-state index in [1.54, 1.807) is 6.20 Å². The van der Waals surface area contributed by atoms with Gasteiger partial charge in [-0.2, -0.15) is 0 Å². The van der Waals surface area contributed by atoms with Crippen molar-refractivity contribution < 1.29 is 24.3 Å². The summed E-state index contributed by atoms with van der Waals surface area (Å²) in [5.74, 6) is -2.79. The number of aromatic amines is 1. The number of carboxylic acids is 1. The second kappa shape index (κ2) is 11.5. The number of amides is 3. The number of aliphatic carboxylic acids is 1. The maximum absolute atomic E-state index is 13.0. The number of hydrogen-bond acceptors (Lipinski definition) is 5. The fourth-order valence-electron chi connectivity index (χ4n) is 3.40. The van der Waals surface area contributed by atoms with Crippen LogP contribution in [0.3, 0.4) is 0 Å². The summed E-state index contributed by atoms with van der Waals surface area (Å²) < 4.78 is 0. The number of rotatable bonds is 11. The summed E-state index contributed by atoms with van der Waals surface area (Å²) in [6, 6.07) is 3.69. The van der Waals surface area contributed by atoms with Crippen molar-refractivity contribution in [2.45, 2.75) is 64.7 Å². The number of carbonyl (C=O) groups excluding carboxylic acids is 3. The lowest BCUT2D eigenvalue weighted by atomic mass is 10.0. The highest BCUT2D eigenvalue weighted by atomic mass is 16.4. The van der Waals surface area contributed by atoms with Gasteiger partial charge in [-0.25, -0.2) is 4.79 Å². The van der Waals surface area contributed by atoms with E-state index in [-0.39, 0.29) is 18.8 Å². The van der Waals surface area contributed by atoms with E-state index in [1.807, 2.05) is 38.1 Å². The average Bonchev–Trinajstić information content (AvgIpc) is 3.14. The van der Waals surface area contributed by atoms with Crippen molar-refractivity contribution in [3.05, 3.63) is 36.0 Å². The molecule has 2 rings (SSSR count). The molecule has 1 aromatic heterocycles. The van der Waals surface area contributed by atoms with Gasteiger partial charge in [0.2, 0.25) is 17.7 Å². The summed E-state index contributed by atoms with van der Waals surface area (Å²) in [7, 11) is 0. The van der Waals surface area contributed by atoms with Crippen LogP contribution in [-0.4, -0.2) is 57.9 Å². The minimum Gasteiger partial charge on any atom is -0.480 e. The summed E-state index contributed by atoms with van der Waals surface area (Å²) in [5, 5.41) is 17.9. The van der Waals surface area contributed by atoms with Crippen LogP contribution in [0.25, 0.3) is 10.9 Å². The van der Waals surface area contributed by atoms with E-state index in [1.165, 1.54) is 13.8 Å². The maximum atomic E-state index is 13.0. The normalized spacial score (nSPS) is 14.8. The molecule has 1 heterocycles. The van der Waals surface area contributed by atoms with Crippen LogP contribution in [0.5, 0.6) is 0 Å². The molecule has 10 nitrogen and oxygen atoms in total. The molecule has 0 saturated heterocycles. The molecule has 4 unspecified atom stereocenters. The molecule has 0 spiro atoms. The van der Waals surface area contributed by atoms with E-state index in [9.17, 15) is 24.3 Å². The Hall–Kier alpha value is -3.40. The van der Waals surface area contributed by atoms with Crippen molar-refractivity contribution in [1.29, 1.82) is 0 Å². The number of H-pyrrole nitrogens is 1. The standard InChI is InChI=1S/C23H33N5O5/c1-12(2)9-19(23(32)33)28-21(30)14(4)26-22(31)18(27-20(29)13(3)24)10-15-11-25-17-8-6-5-7-16(15)17/h5-8,11-14,18-19,25H,9-10,24H2,1-4H3,(H,26,31)(H,27,29)(H,28,30)(H,32,33). The van der Waals surface area contributed by atoms with Crippen LogP contribution < -0.4 is 21.7 Å². The molecule has 2 aromatic rings. The van der Waals surface area contributed by atoms with Gasteiger partial charge in [0.15, 0.2) is 0 Å². The topological polar surface area (TPSA) is 166 Å². The van der Waals surface area contributed by atoms with Crippen molar-refractivity contribution in [2.75, 3.05) is 0 Å². The zero-order valence-corrected chi connectivity index (χ0v) is 19.3. The van der Waals surface area contributed by atoms with E-state index >= 15 is 0 Å². The van der Waals surface area contributed by atoms with Gasteiger partial charge < -0.3 is 31.8 Å². The molecule has 7 N–H and O–H groups in total. The number of fused-ring (bicyclic) bond motifs is 1. The van der Waals surface area contributed by atoms with Gasteiger partial charge in [-0.15, -0.1) is 0 Å². The van der Waals surface area contributed by atoms with E-state index in [0.29, 0.717) is 0 Å². The zero-order valence-electron chi connectivity index (χ0n) is 19.3. The third kappa shape index (κ3) is 7.31. The quantitative estimate of drug-likeness (QED) is 0.289. The first kappa shape index (κ1) is 25.9. The first-order chi connectivity index (χ1) is 15.5. The number of carbonyl (C=O) groups is 4. The van der Waals surface area contributed by atoms with Crippen LogP contribution in [0.15, 0.2) is 30.5 Å². The minimum absolute atomic E-state index is 0.0605. The highest BCUT2D eigenvalue weighted by Gasteiger charge is 2.28. The third-order valence-electron chi connectivity index (χ3n) is 5.22. The third-order valence-corrected chi connectivity index (χ3v) is 5.22. The zero-order chi connectivity index (χ0) is 24.7. The predicted octanol–water partition coefficient (Wildman–Crippen LogP) is 0.663. The molecule has 33 heavy (non-hydrogen) atoms.